The van der Waals surface area contributed by atoms with Gasteiger partial charge in [0.15, 0.2) is 5.78 Å². The molecule has 30 heavy (non-hydrogen) atoms. The van der Waals surface area contributed by atoms with Gasteiger partial charge in [0.05, 0.1) is 11.7 Å². The molecule has 2 aliphatic rings. The Kier molecular flexibility index (Phi) is 5.90. The standard InChI is InChI=1S/C23H25N3O4/c1-2-6-18(23(29)26-12-10-20-21(26)19(27)14-30-20)25-22(28)17-13-24-11-9-16(17)15-7-4-3-5-8-15/h3-5,7-9,11,13,18,20-21H,2,6,10,12,14H2,1H3,(H,25,28). The fourth-order valence-corrected chi connectivity index (χ4v) is 4.27. The smallest absolute Gasteiger partial charge is 0.254 e. The molecule has 1 N–H and O–H groups in total. The van der Waals surface area contributed by atoms with Crippen LogP contribution in [0, 0.1) is 0 Å². The number of nitrogens with zero attached hydrogens (tertiary/aromatic N) is 2. The molecular formula is C23H25N3O4. The lowest BCUT2D eigenvalue weighted by Crippen LogP contribution is -2.52. The molecule has 7 nitrogen and oxygen atoms in total. The molecule has 3 heterocycles. The van der Waals surface area contributed by atoms with Gasteiger partial charge in [-0.2, -0.15) is 0 Å². The van der Waals surface area contributed by atoms with E-state index in [1.165, 1.54) is 6.20 Å². The number of pyridine rings is 1. The van der Waals surface area contributed by atoms with Crippen molar-refractivity contribution in [3.8, 4) is 11.1 Å². The SMILES string of the molecule is CCCC(NC(=O)c1cnccc1-c1ccccc1)C(=O)N1CCC2OCC(=O)C21. The molecule has 2 saturated heterocycles. The number of rotatable bonds is 6. The number of carbonyl (C=O) groups is 3. The minimum Gasteiger partial charge on any atom is -0.368 e. The van der Waals surface area contributed by atoms with Crippen LogP contribution >= 0.6 is 0 Å². The lowest BCUT2D eigenvalue weighted by atomic mass is 10.0. The van der Waals surface area contributed by atoms with Crippen LogP contribution in [0.4, 0.5) is 0 Å². The summed E-state index contributed by atoms with van der Waals surface area (Å²) in [5.41, 5.74) is 2.07. The molecule has 0 bridgehead atoms. The largest absolute Gasteiger partial charge is 0.368 e. The third-order valence-electron chi connectivity index (χ3n) is 5.73. The Balaban J connectivity index is 1.55. The van der Waals surface area contributed by atoms with Gasteiger partial charge >= 0.3 is 0 Å². The first-order valence-electron chi connectivity index (χ1n) is 10.3. The van der Waals surface area contributed by atoms with E-state index in [0.717, 1.165) is 17.5 Å². The number of hydrogen-bond acceptors (Lipinski definition) is 5. The lowest BCUT2D eigenvalue weighted by molar-refractivity contribution is -0.138. The lowest BCUT2D eigenvalue weighted by Gasteiger charge is -2.27. The van der Waals surface area contributed by atoms with Crippen LogP contribution in [0.3, 0.4) is 0 Å². The van der Waals surface area contributed by atoms with E-state index < -0.39 is 12.1 Å². The van der Waals surface area contributed by atoms with Crippen LogP contribution in [0.1, 0.15) is 36.5 Å². The van der Waals surface area contributed by atoms with E-state index >= 15 is 0 Å². The predicted molar refractivity (Wildman–Crippen MR) is 111 cm³/mol. The fourth-order valence-electron chi connectivity index (χ4n) is 4.27. The number of ketones is 1. The second kappa shape index (κ2) is 8.75. The van der Waals surface area contributed by atoms with Crippen LogP contribution < -0.4 is 5.32 Å². The summed E-state index contributed by atoms with van der Waals surface area (Å²) >= 11 is 0. The van der Waals surface area contributed by atoms with Crippen LogP contribution in [-0.2, 0) is 14.3 Å². The summed E-state index contributed by atoms with van der Waals surface area (Å²) in [4.78, 5) is 44.2. The Morgan fingerprint density at radius 2 is 2.07 bits per heavy atom. The Morgan fingerprint density at radius 3 is 2.83 bits per heavy atom. The summed E-state index contributed by atoms with van der Waals surface area (Å²) in [6.07, 6.45) is 4.81. The second-order valence-electron chi connectivity index (χ2n) is 7.68. The first-order valence-corrected chi connectivity index (χ1v) is 10.3. The summed E-state index contributed by atoms with van der Waals surface area (Å²) in [5.74, 6) is -0.633. The van der Waals surface area contributed by atoms with E-state index in [2.05, 4.69) is 10.3 Å². The zero-order valence-electron chi connectivity index (χ0n) is 16.9. The molecule has 2 aromatic rings. The molecular weight excluding hydrogens is 382 g/mol. The van der Waals surface area contributed by atoms with Gasteiger partial charge < -0.3 is 15.0 Å². The first kappa shape index (κ1) is 20.2. The van der Waals surface area contributed by atoms with Crippen molar-refractivity contribution in [2.45, 2.75) is 44.4 Å². The van der Waals surface area contributed by atoms with Gasteiger partial charge in [-0.3, -0.25) is 19.4 Å². The summed E-state index contributed by atoms with van der Waals surface area (Å²) in [7, 11) is 0. The fraction of sp³-hybridized carbons (Fsp3) is 0.391. The summed E-state index contributed by atoms with van der Waals surface area (Å²) in [6.45, 7) is 2.49. The Bertz CT molecular complexity index is 946. The highest BCUT2D eigenvalue weighted by molar-refractivity contribution is 6.03. The molecule has 2 amide bonds. The molecule has 0 radical (unpaired) electrons. The molecule has 156 valence electrons. The molecule has 2 aliphatic heterocycles. The molecule has 1 aromatic heterocycles. The van der Waals surface area contributed by atoms with Crippen LogP contribution in [0.2, 0.25) is 0 Å². The first-order chi connectivity index (χ1) is 14.6. The van der Waals surface area contributed by atoms with Crippen molar-refractivity contribution < 1.29 is 19.1 Å². The molecule has 0 spiro atoms. The number of Topliss-reactive ketones (excluding diaryl/α,β-unsaturated/α-hetero) is 1. The highest BCUT2D eigenvalue weighted by Crippen LogP contribution is 2.28. The summed E-state index contributed by atoms with van der Waals surface area (Å²) in [5, 5.41) is 2.89. The number of amides is 2. The molecule has 0 saturated carbocycles. The van der Waals surface area contributed by atoms with Crippen molar-refractivity contribution in [3.63, 3.8) is 0 Å². The number of carbonyl (C=O) groups excluding carboxylic acids is 3. The Labute approximate surface area is 175 Å². The number of ether oxygens (including phenoxy) is 1. The van der Waals surface area contributed by atoms with Gasteiger partial charge in [0.1, 0.15) is 18.7 Å². The zero-order chi connectivity index (χ0) is 21.1. The van der Waals surface area contributed by atoms with Crippen molar-refractivity contribution in [3.05, 3.63) is 54.4 Å². The quantitative estimate of drug-likeness (QED) is 0.793. The van der Waals surface area contributed by atoms with Gasteiger partial charge in [-0.1, -0.05) is 43.7 Å². The Hall–Kier alpha value is -3.06. The van der Waals surface area contributed by atoms with Crippen molar-refractivity contribution in [1.29, 1.82) is 0 Å². The molecule has 4 rings (SSSR count). The molecule has 3 atom stereocenters. The number of hydrogen-bond donors (Lipinski definition) is 1. The summed E-state index contributed by atoms with van der Waals surface area (Å²) in [6, 6.07) is 10.2. The van der Waals surface area contributed by atoms with Gasteiger partial charge in [-0.05, 0) is 30.0 Å². The number of nitrogens with one attached hydrogen (secondary N) is 1. The van der Waals surface area contributed by atoms with E-state index in [1.54, 1.807) is 17.2 Å². The zero-order valence-corrected chi connectivity index (χ0v) is 16.9. The second-order valence-corrected chi connectivity index (χ2v) is 7.68. The van der Waals surface area contributed by atoms with Gasteiger partial charge in [0.2, 0.25) is 5.91 Å². The van der Waals surface area contributed by atoms with Gasteiger partial charge in [-0.25, -0.2) is 0 Å². The molecule has 3 unspecified atom stereocenters. The monoisotopic (exact) mass is 407 g/mol. The maximum Gasteiger partial charge on any atom is 0.254 e. The molecule has 1 aromatic carbocycles. The van der Waals surface area contributed by atoms with Crippen molar-refractivity contribution >= 4 is 17.6 Å². The maximum atomic E-state index is 13.2. The normalized spacial score (nSPS) is 21.4. The summed E-state index contributed by atoms with van der Waals surface area (Å²) < 4.78 is 5.49. The van der Waals surface area contributed by atoms with Crippen LogP contribution in [0.25, 0.3) is 11.1 Å². The van der Waals surface area contributed by atoms with Crippen LogP contribution in [0.15, 0.2) is 48.8 Å². The van der Waals surface area contributed by atoms with Crippen molar-refractivity contribution in [1.82, 2.24) is 15.2 Å². The Morgan fingerprint density at radius 1 is 1.27 bits per heavy atom. The van der Waals surface area contributed by atoms with Gasteiger partial charge in [-0.15, -0.1) is 0 Å². The van der Waals surface area contributed by atoms with E-state index in [1.807, 2.05) is 37.3 Å². The minimum atomic E-state index is -0.696. The van der Waals surface area contributed by atoms with E-state index in [4.69, 9.17) is 4.74 Å². The third-order valence-corrected chi connectivity index (χ3v) is 5.73. The molecule has 7 heteroatoms. The van der Waals surface area contributed by atoms with E-state index in [9.17, 15) is 14.4 Å². The van der Waals surface area contributed by atoms with Crippen LogP contribution in [-0.4, -0.2) is 58.8 Å². The van der Waals surface area contributed by atoms with Gasteiger partial charge in [0, 0.05) is 18.9 Å². The van der Waals surface area contributed by atoms with E-state index in [-0.39, 0.29) is 30.3 Å². The maximum absolute atomic E-state index is 13.2. The van der Waals surface area contributed by atoms with E-state index in [0.29, 0.717) is 24.9 Å². The minimum absolute atomic E-state index is 0.0556. The molecule has 2 fully saturated rings. The van der Waals surface area contributed by atoms with Crippen LogP contribution in [0.5, 0.6) is 0 Å². The number of fused-ring (bicyclic) bond motifs is 1. The topological polar surface area (TPSA) is 88.6 Å². The average Bonchev–Trinajstić information content (AvgIpc) is 3.36. The van der Waals surface area contributed by atoms with Gasteiger partial charge in [0.25, 0.3) is 5.91 Å². The van der Waals surface area contributed by atoms with Crippen molar-refractivity contribution in [2.24, 2.45) is 0 Å². The highest BCUT2D eigenvalue weighted by atomic mass is 16.5. The molecule has 0 aliphatic carbocycles. The number of aromatic nitrogens is 1. The average molecular weight is 407 g/mol. The highest BCUT2D eigenvalue weighted by Gasteiger charge is 2.47. The third kappa shape index (κ3) is 3.85. The predicted octanol–water partition coefficient (Wildman–Crippen LogP) is 2.22. The van der Waals surface area contributed by atoms with Crippen molar-refractivity contribution in [2.75, 3.05) is 13.2 Å². The number of likely N-dealkylation sites (tertiary alicyclic amines) is 1. The number of benzene rings is 1.